The second kappa shape index (κ2) is 8.93. The third-order valence-electron chi connectivity index (χ3n) is 3.33. The van der Waals surface area contributed by atoms with Gasteiger partial charge in [-0.05, 0) is 37.6 Å². The number of amides is 3. The zero-order valence-corrected chi connectivity index (χ0v) is 14.2. The summed E-state index contributed by atoms with van der Waals surface area (Å²) in [5, 5.41) is 8.20. The van der Waals surface area contributed by atoms with E-state index >= 15 is 0 Å². The van der Waals surface area contributed by atoms with Gasteiger partial charge < -0.3 is 16.0 Å². The number of carbonyl (C=O) groups excluding carboxylic acids is 2. The summed E-state index contributed by atoms with van der Waals surface area (Å²) in [5.74, 6) is 0.200. The molecule has 0 aliphatic carbocycles. The molecule has 0 saturated carbocycles. The van der Waals surface area contributed by atoms with Gasteiger partial charge in [-0.15, -0.1) is 11.6 Å². The Morgan fingerprint density at radius 3 is 2.42 bits per heavy atom. The van der Waals surface area contributed by atoms with Crippen molar-refractivity contribution in [2.75, 3.05) is 23.1 Å². The van der Waals surface area contributed by atoms with Crippen molar-refractivity contribution in [3.63, 3.8) is 0 Å². The molecule has 3 N–H and O–H groups in total. The van der Waals surface area contributed by atoms with Gasteiger partial charge in [0.1, 0.15) is 0 Å². The minimum absolute atomic E-state index is 0.282. The second-order valence-electron chi connectivity index (χ2n) is 5.29. The number of aryl methyl sites for hydroxylation is 1. The van der Waals surface area contributed by atoms with Crippen molar-refractivity contribution in [2.45, 2.75) is 13.3 Å². The lowest BCUT2D eigenvalue weighted by molar-refractivity contribution is 0.102. The number of halogens is 1. The van der Waals surface area contributed by atoms with E-state index in [0.717, 1.165) is 5.56 Å². The fourth-order valence-corrected chi connectivity index (χ4v) is 2.19. The van der Waals surface area contributed by atoms with Gasteiger partial charge in [0.25, 0.3) is 5.91 Å². The average Bonchev–Trinajstić information content (AvgIpc) is 2.57. The van der Waals surface area contributed by atoms with Gasteiger partial charge in [-0.1, -0.05) is 29.8 Å². The van der Waals surface area contributed by atoms with Crippen LogP contribution in [0.4, 0.5) is 16.2 Å². The van der Waals surface area contributed by atoms with Gasteiger partial charge in [-0.2, -0.15) is 0 Å². The standard InChI is InChI=1S/C18H20ClN3O2/c1-13-7-9-14(10-8-13)21-17(23)15-5-2-3-6-16(15)22-18(24)20-12-4-11-19/h2-3,5-10H,4,11-12H2,1H3,(H,21,23)(H2,20,22,24). The summed E-state index contributed by atoms with van der Waals surface area (Å²) >= 11 is 5.57. The molecule has 2 rings (SSSR count). The number of rotatable bonds is 6. The van der Waals surface area contributed by atoms with E-state index in [-0.39, 0.29) is 11.9 Å². The number of alkyl halides is 1. The lowest BCUT2D eigenvalue weighted by Gasteiger charge is -2.12. The van der Waals surface area contributed by atoms with Gasteiger partial charge in [-0.25, -0.2) is 4.79 Å². The van der Waals surface area contributed by atoms with Crippen LogP contribution in [-0.2, 0) is 0 Å². The van der Waals surface area contributed by atoms with Crippen LogP contribution < -0.4 is 16.0 Å². The zero-order chi connectivity index (χ0) is 17.4. The minimum atomic E-state index is -0.365. The first-order valence-corrected chi connectivity index (χ1v) is 8.21. The molecule has 2 aromatic rings. The molecule has 0 saturated heterocycles. The highest BCUT2D eigenvalue weighted by molar-refractivity contribution is 6.17. The summed E-state index contributed by atoms with van der Waals surface area (Å²) in [4.78, 5) is 24.3. The summed E-state index contributed by atoms with van der Waals surface area (Å²) in [7, 11) is 0. The van der Waals surface area contributed by atoms with Crippen molar-refractivity contribution >= 4 is 34.9 Å². The summed E-state index contributed by atoms with van der Waals surface area (Å²) in [6.45, 7) is 2.46. The SMILES string of the molecule is Cc1ccc(NC(=O)c2ccccc2NC(=O)NCCCCl)cc1. The summed E-state index contributed by atoms with van der Waals surface area (Å²) in [6, 6.07) is 14.0. The largest absolute Gasteiger partial charge is 0.338 e. The Kier molecular flexibility index (Phi) is 6.63. The number of hydrogen-bond donors (Lipinski definition) is 3. The summed E-state index contributed by atoms with van der Waals surface area (Å²) in [5.41, 5.74) is 2.66. The van der Waals surface area contributed by atoms with E-state index in [1.165, 1.54) is 0 Å². The number of urea groups is 1. The molecule has 6 heteroatoms. The number of para-hydroxylation sites is 1. The number of hydrogen-bond acceptors (Lipinski definition) is 2. The van der Waals surface area contributed by atoms with Crippen molar-refractivity contribution in [1.29, 1.82) is 0 Å². The first-order valence-electron chi connectivity index (χ1n) is 7.68. The van der Waals surface area contributed by atoms with Gasteiger partial charge in [0.05, 0.1) is 11.3 Å². The Morgan fingerprint density at radius 2 is 1.71 bits per heavy atom. The maximum absolute atomic E-state index is 12.5. The molecule has 0 unspecified atom stereocenters. The predicted octanol–water partition coefficient (Wildman–Crippen LogP) is 4.00. The molecular weight excluding hydrogens is 326 g/mol. The Morgan fingerprint density at radius 1 is 1.00 bits per heavy atom. The van der Waals surface area contributed by atoms with E-state index < -0.39 is 0 Å². The first-order chi connectivity index (χ1) is 11.6. The number of benzene rings is 2. The topological polar surface area (TPSA) is 70.2 Å². The van der Waals surface area contributed by atoms with Crippen molar-refractivity contribution in [2.24, 2.45) is 0 Å². The molecule has 0 bridgehead atoms. The molecule has 2 aromatic carbocycles. The number of anilines is 2. The molecule has 5 nitrogen and oxygen atoms in total. The van der Waals surface area contributed by atoms with E-state index in [9.17, 15) is 9.59 Å². The van der Waals surface area contributed by atoms with Crippen LogP contribution in [0.25, 0.3) is 0 Å². The molecule has 126 valence electrons. The molecule has 0 aromatic heterocycles. The van der Waals surface area contributed by atoms with Gasteiger partial charge in [0, 0.05) is 18.1 Å². The van der Waals surface area contributed by atoms with Crippen molar-refractivity contribution in [3.05, 3.63) is 59.7 Å². The van der Waals surface area contributed by atoms with Crippen LogP contribution in [0.3, 0.4) is 0 Å². The molecule has 0 fully saturated rings. The van der Waals surface area contributed by atoms with Gasteiger partial charge >= 0.3 is 6.03 Å². The normalized spacial score (nSPS) is 10.1. The third-order valence-corrected chi connectivity index (χ3v) is 3.59. The minimum Gasteiger partial charge on any atom is -0.338 e. The third kappa shape index (κ3) is 5.28. The molecule has 0 atom stereocenters. The number of nitrogens with one attached hydrogen (secondary N) is 3. The molecule has 0 aliphatic heterocycles. The van der Waals surface area contributed by atoms with Crippen LogP contribution in [0.1, 0.15) is 22.3 Å². The monoisotopic (exact) mass is 345 g/mol. The van der Waals surface area contributed by atoms with Crippen LogP contribution in [0, 0.1) is 6.92 Å². The molecule has 0 radical (unpaired) electrons. The second-order valence-corrected chi connectivity index (χ2v) is 5.67. The highest BCUT2D eigenvalue weighted by Gasteiger charge is 2.13. The van der Waals surface area contributed by atoms with Crippen molar-refractivity contribution < 1.29 is 9.59 Å². The Balaban J connectivity index is 2.05. The zero-order valence-electron chi connectivity index (χ0n) is 13.4. The van der Waals surface area contributed by atoms with Crippen LogP contribution in [0.2, 0.25) is 0 Å². The quantitative estimate of drug-likeness (QED) is 0.547. The maximum Gasteiger partial charge on any atom is 0.319 e. The van der Waals surface area contributed by atoms with E-state index in [1.54, 1.807) is 24.3 Å². The van der Waals surface area contributed by atoms with Gasteiger partial charge in [0.2, 0.25) is 0 Å². The van der Waals surface area contributed by atoms with Crippen LogP contribution in [0.5, 0.6) is 0 Å². The van der Waals surface area contributed by atoms with Crippen LogP contribution >= 0.6 is 11.6 Å². The van der Waals surface area contributed by atoms with E-state index in [4.69, 9.17) is 11.6 Å². The highest BCUT2D eigenvalue weighted by atomic mass is 35.5. The summed E-state index contributed by atoms with van der Waals surface area (Å²) in [6.07, 6.45) is 0.685. The molecular formula is C18H20ClN3O2. The highest BCUT2D eigenvalue weighted by Crippen LogP contribution is 2.17. The Bertz CT molecular complexity index is 702. The maximum atomic E-state index is 12.5. The lowest BCUT2D eigenvalue weighted by Crippen LogP contribution is -2.30. The van der Waals surface area contributed by atoms with E-state index in [1.807, 2.05) is 31.2 Å². The van der Waals surface area contributed by atoms with Crippen LogP contribution in [-0.4, -0.2) is 24.4 Å². The first kappa shape index (κ1) is 17.8. The lowest BCUT2D eigenvalue weighted by atomic mass is 10.1. The van der Waals surface area contributed by atoms with Gasteiger partial charge in [0.15, 0.2) is 0 Å². The Hall–Kier alpha value is -2.53. The number of carbonyl (C=O) groups is 2. The van der Waals surface area contributed by atoms with E-state index in [2.05, 4.69) is 16.0 Å². The molecule has 3 amide bonds. The predicted molar refractivity (Wildman–Crippen MR) is 97.9 cm³/mol. The molecule has 0 aliphatic rings. The fraction of sp³-hybridized carbons (Fsp3) is 0.222. The molecule has 0 heterocycles. The van der Waals surface area contributed by atoms with Crippen molar-refractivity contribution in [1.82, 2.24) is 5.32 Å². The van der Waals surface area contributed by atoms with Gasteiger partial charge in [-0.3, -0.25) is 4.79 Å². The fourth-order valence-electron chi connectivity index (χ4n) is 2.06. The summed E-state index contributed by atoms with van der Waals surface area (Å²) < 4.78 is 0. The van der Waals surface area contributed by atoms with Crippen molar-refractivity contribution in [3.8, 4) is 0 Å². The molecule has 0 spiro atoms. The Labute approximate surface area is 146 Å². The van der Waals surface area contributed by atoms with Crippen LogP contribution in [0.15, 0.2) is 48.5 Å². The molecule has 24 heavy (non-hydrogen) atoms. The average molecular weight is 346 g/mol. The van der Waals surface area contributed by atoms with E-state index in [0.29, 0.717) is 35.8 Å². The smallest absolute Gasteiger partial charge is 0.319 e.